The lowest BCUT2D eigenvalue weighted by atomic mass is 9.75. The predicted molar refractivity (Wildman–Crippen MR) is 407 cm³/mol. The molecule has 9 saturated heterocycles. The highest BCUT2D eigenvalue weighted by Gasteiger charge is 2.58. The number of halogens is 9. The summed E-state index contributed by atoms with van der Waals surface area (Å²) in [5, 5.41) is 63.6. The zero-order valence-electron chi connectivity index (χ0n) is 66.8. The third-order valence-corrected chi connectivity index (χ3v) is 26.9. The first-order valence-electron chi connectivity index (χ1n) is 41.7. The monoisotopic (exact) mass is 1700 g/mol. The zero-order valence-corrected chi connectivity index (χ0v) is 67.6. The molecular formula is C87H110F9N3O19S. The highest BCUT2D eigenvalue weighted by atomic mass is 32.1. The SMILES string of the molecule is O=C(O[C@@H]1C[N+]2(CCCOc3ccccc3)CCC1CC2)[C@](O)(c1ccco1)C1CCCCC1.O=C(O[C@H]1C[N+]2(CCCc3cccs3)CCC1CC2)[C@](O)(c1ccco1)C1CCCCC1.O=C(O[C@H]1C[N+]2(CCc3ccccc3)CCC1CC2)[C@](O)(c1ccco1)C1CCCCC1.O=C([O-])C(F)(F)F.O=C([O-])C(F)(F)F.O=C([O-])C(F)(F)F. The van der Waals surface area contributed by atoms with Crippen LogP contribution in [0.1, 0.15) is 175 Å². The Labute approximate surface area is 690 Å². The smallest absolute Gasteiger partial charge is 0.430 e. The van der Waals surface area contributed by atoms with Gasteiger partial charge in [0.25, 0.3) is 0 Å². The molecule has 0 radical (unpaired) electrons. The number of alkyl halides is 9. The van der Waals surface area contributed by atoms with Crippen LogP contribution in [0.15, 0.2) is 147 Å². The molecule has 119 heavy (non-hydrogen) atoms. The van der Waals surface area contributed by atoms with Gasteiger partial charge in [-0.1, -0.05) is 112 Å². The van der Waals surface area contributed by atoms with Gasteiger partial charge in [0.05, 0.1) is 84.3 Å². The van der Waals surface area contributed by atoms with Crippen molar-refractivity contribution in [1.82, 2.24) is 0 Å². The largest absolute Gasteiger partial charge is 0.542 e. The molecule has 6 atom stereocenters. The van der Waals surface area contributed by atoms with E-state index in [1.807, 2.05) is 41.7 Å². The number of hydrogen-bond acceptors (Lipinski definition) is 20. The summed E-state index contributed by atoms with van der Waals surface area (Å²) in [7, 11) is 0. The van der Waals surface area contributed by atoms with Crippen LogP contribution in [0.2, 0.25) is 0 Å². The van der Waals surface area contributed by atoms with E-state index in [1.54, 1.807) is 42.7 Å². The predicted octanol–water partition coefficient (Wildman–Crippen LogP) is 11.9. The number of esters is 3. The van der Waals surface area contributed by atoms with Crippen molar-refractivity contribution in [3.63, 3.8) is 0 Å². The van der Waals surface area contributed by atoms with Crippen LogP contribution < -0.4 is 20.1 Å². The molecule has 0 unspecified atom stereocenters. The van der Waals surface area contributed by atoms with Crippen molar-refractivity contribution >= 4 is 47.2 Å². The number of quaternary nitrogens is 3. The molecule has 656 valence electrons. The fourth-order valence-corrected chi connectivity index (χ4v) is 20.1. The van der Waals surface area contributed by atoms with E-state index in [0.29, 0.717) is 41.6 Å². The maximum Gasteiger partial charge on any atom is 0.430 e. The van der Waals surface area contributed by atoms with Gasteiger partial charge in [0.2, 0.25) is 16.8 Å². The Bertz CT molecular complexity index is 4020. The molecule has 32 heteroatoms. The van der Waals surface area contributed by atoms with Crippen LogP contribution in [0.3, 0.4) is 0 Å². The number of aliphatic carboxylic acids is 3. The molecule has 6 aromatic rings. The van der Waals surface area contributed by atoms with Gasteiger partial charge >= 0.3 is 36.4 Å². The fraction of sp³-hybridized carbons (Fsp3) is 0.609. The van der Waals surface area contributed by atoms with E-state index in [2.05, 4.69) is 47.8 Å². The molecule has 18 rings (SSSR count). The summed E-state index contributed by atoms with van der Waals surface area (Å²) in [4.78, 5) is 68.5. The third kappa shape index (κ3) is 24.6. The summed E-state index contributed by atoms with van der Waals surface area (Å²) in [6.07, 6.45) is 14.2. The molecule has 2 aromatic carbocycles. The average Bonchev–Trinajstić information content (AvgIpc) is 1.43. The summed E-state index contributed by atoms with van der Waals surface area (Å²) in [6, 6.07) is 35.3. The molecular weight excluding hydrogens is 1590 g/mol. The van der Waals surface area contributed by atoms with Gasteiger partial charge in [-0.3, -0.25) is 0 Å². The lowest BCUT2D eigenvalue weighted by Gasteiger charge is -2.52. The van der Waals surface area contributed by atoms with Gasteiger partial charge in [0.15, 0.2) is 18.3 Å². The Morgan fingerprint density at radius 2 is 0.714 bits per heavy atom. The van der Waals surface area contributed by atoms with Gasteiger partial charge in [-0.25, -0.2) is 14.4 Å². The van der Waals surface area contributed by atoms with Crippen molar-refractivity contribution in [3.8, 4) is 5.75 Å². The molecule has 6 bridgehead atoms. The highest BCUT2D eigenvalue weighted by Crippen LogP contribution is 2.47. The average molecular weight is 1700 g/mol. The van der Waals surface area contributed by atoms with Gasteiger partial charge in [0, 0.05) is 98.2 Å². The molecule has 3 aliphatic carbocycles. The molecule has 4 aromatic heterocycles. The number of furan rings is 3. The number of thiophene rings is 1. The van der Waals surface area contributed by atoms with Gasteiger partial charge in [-0.15, -0.1) is 11.3 Å². The maximum atomic E-state index is 13.6. The van der Waals surface area contributed by atoms with E-state index in [-0.39, 0.29) is 36.1 Å². The van der Waals surface area contributed by atoms with Gasteiger partial charge in [0.1, 0.15) is 60.6 Å². The number of aliphatic hydroxyl groups is 3. The van der Waals surface area contributed by atoms with E-state index < -0.39 is 71.1 Å². The first-order valence-corrected chi connectivity index (χ1v) is 42.5. The number of rotatable bonds is 24. The Balaban J connectivity index is 0.000000167. The van der Waals surface area contributed by atoms with Crippen LogP contribution in [-0.2, 0) is 72.6 Å². The Kier molecular flexibility index (Phi) is 32.5. The second-order valence-corrected chi connectivity index (χ2v) is 34.5. The van der Waals surface area contributed by atoms with Crippen LogP contribution in [0, 0.1) is 35.5 Å². The van der Waals surface area contributed by atoms with Crippen LogP contribution in [0.4, 0.5) is 39.5 Å². The number of carbonyl (C=O) groups excluding carboxylic acids is 6. The highest BCUT2D eigenvalue weighted by molar-refractivity contribution is 7.09. The summed E-state index contributed by atoms with van der Waals surface area (Å²) < 4.78 is 139. The molecule has 3 saturated carbocycles. The molecule has 12 aliphatic rings. The summed E-state index contributed by atoms with van der Waals surface area (Å²) >= 11 is 1.84. The normalized spacial score (nSPS) is 26.4. The Hall–Kier alpha value is -8.27. The Morgan fingerprint density at radius 3 is 1.02 bits per heavy atom. The second-order valence-electron chi connectivity index (χ2n) is 33.5. The third-order valence-electron chi connectivity index (χ3n) is 25.9. The number of aryl methyl sites for hydroxylation is 1. The van der Waals surface area contributed by atoms with Crippen LogP contribution in [-0.4, -0.2) is 187 Å². The molecule has 9 aliphatic heterocycles. The summed E-state index contributed by atoms with van der Waals surface area (Å²) in [5.74, 6) is -7.83. The van der Waals surface area contributed by atoms with Crippen molar-refractivity contribution in [2.75, 3.05) is 85.1 Å². The molecule has 0 spiro atoms. The summed E-state index contributed by atoms with van der Waals surface area (Å²) in [5.41, 5.74) is -3.67. The fourth-order valence-electron chi connectivity index (χ4n) is 19.3. The van der Waals surface area contributed by atoms with E-state index in [1.165, 1.54) is 42.5 Å². The quantitative estimate of drug-likeness (QED) is 0.0167. The van der Waals surface area contributed by atoms with E-state index in [9.17, 15) is 69.2 Å². The van der Waals surface area contributed by atoms with Gasteiger partial charge in [-0.2, -0.15) is 39.5 Å². The number of carbonyl (C=O) groups is 6. The van der Waals surface area contributed by atoms with Crippen LogP contribution >= 0.6 is 11.3 Å². The minimum atomic E-state index is -5.19. The number of ether oxygens (including phenoxy) is 4. The number of carboxylic acids is 3. The van der Waals surface area contributed by atoms with Gasteiger partial charge < -0.3 is 90.7 Å². The lowest BCUT2D eigenvalue weighted by molar-refractivity contribution is -0.946. The minimum Gasteiger partial charge on any atom is -0.542 e. The van der Waals surface area contributed by atoms with E-state index in [4.69, 9.17) is 61.9 Å². The van der Waals surface area contributed by atoms with Crippen LogP contribution in [0.5, 0.6) is 5.75 Å². The van der Waals surface area contributed by atoms with Crippen LogP contribution in [0.25, 0.3) is 0 Å². The number of benzene rings is 2. The first-order chi connectivity index (χ1) is 56.6. The molecule has 3 N–H and O–H groups in total. The molecule has 22 nitrogen and oxygen atoms in total. The number of para-hydroxylation sites is 1. The number of hydrogen-bond donors (Lipinski definition) is 3. The van der Waals surface area contributed by atoms with Crippen molar-refractivity contribution < 1.29 is 145 Å². The number of nitrogens with zero attached hydrogens (tertiary/aromatic N) is 3. The van der Waals surface area contributed by atoms with Crippen molar-refractivity contribution in [2.24, 2.45) is 35.5 Å². The number of fused-ring (bicyclic) bond motifs is 9. The van der Waals surface area contributed by atoms with Crippen molar-refractivity contribution in [2.45, 2.75) is 214 Å². The second kappa shape index (κ2) is 41.5. The van der Waals surface area contributed by atoms with Crippen molar-refractivity contribution in [1.29, 1.82) is 0 Å². The van der Waals surface area contributed by atoms with Gasteiger partial charge in [-0.05, 0) is 110 Å². The minimum absolute atomic E-state index is 0.100. The maximum absolute atomic E-state index is 13.6. The molecule has 0 amide bonds. The number of piperidine rings is 9. The standard InChI is InChI=1S/C28H38NO5.C27H36NO4.C26H36NO4S.3C2HF3O2/c30-27(28(31,26-13-7-19-33-26)23-9-3-1-4-10-23)34-25-21-29(17-14-22(25)15-18-29)16-8-20-32-24-11-5-2-6-12-24;29-26(27(30,25-12-7-19-31-25)23-10-5-2-6-11-23)32-24-20-28(17-14-22(24)15-18-28)16-13-21-8-3-1-4-9-21;28-25(26(29,24-11-5-17-30-24)21-7-2-1-3-8-21)31-23-19-27(15-12-20(23)13-16-27)14-4-9-22-10-6-18-32-22;3*3-2(4,5)1(6)7/h2,5-7,11-13,19,22-23,25,31H,1,3-4,8-10,14-18,20-21H2;1,3-4,7-9,12,19,22-24,30H,2,5-6,10-11,13-18,20H2;5-6,10-11,17-18,20-21,23,29H,1-4,7-9,12-16,19H2;3*(H,6,7)/q3*+1;;;/p-3/t22?,25-,28-,29?;22?,24-,27+,28?;20?,23-,26+,27?;;;/m100.../s1. The van der Waals surface area contributed by atoms with Crippen molar-refractivity contribution in [3.05, 3.63) is 161 Å². The van der Waals surface area contributed by atoms with E-state index in [0.717, 1.165) is 239 Å². The Morgan fingerprint density at radius 1 is 0.395 bits per heavy atom. The zero-order chi connectivity index (χ0) is 85.7. The number of carboxylic acid groups (broad SMARTS) is 3. The molecule has 13 heterocycles. The first kappa shape index (κ1) is 93.0. The lowest BCUT2D eigenvalue weighted by Crippen LogP contribution is -2.65. The topological polar surface area (TPSA) is 309 Å². The van der Waals surface area contributed by atoms with E-state index >= 15 is 0 Å². The summed E-state index contributed by atoms with van der Waals surface area (Å²) in [6.45, 7) is 13.5. The molecule has 12 fully saturated rings.